The standard InChI is InChI=1S/C19H36N6OS.HI/c1-5-17-22-19(27-23-17)25-10-8-24(9-11-25)18(20-6-2)21-14-16(7-12-26)13-15(3)4;/h15-16,26H,5-14H2,1-4H3,(H,20,21);1H. The van der Waals surface area contributed by atoms with Crippen molar-refractivity contribution in [3.63, 3.8) is 0 Å². The van der Waals surface area contributed by atoms with Crippen LogP contribution in [0.25, 0.3) is 0 Å². The Morgan fingerprint density at radius 3 is 2.50 bits per heavy atom. The van der Waals surface area contributed by atoms with E-state index in [2.05, 4.69) is 52.2 Å². The zero-order valence-electron chi connectivity index (χ0n) is 17.7. The van der Waals surface area contributed by atoms with Gasteiger partial charge in [-0.25, -0.2) is 4.98 Å². The van der Waals surface area contributed by atoms with Crippen molar-refractivity contribution in [1.29, 1.82) is 0 Å². The zero-order chi connectivity index (χ0) is 19.6. The van der Waals surface area contributed by atoms with E-state index in [1.165, 1.54) is 11.5 Å². The Hall–Kier alpha value is -0.680. The number of piperazine rings is 1. The van der Waals surface area contributed by atoms with Crippen molar-refractivity contribution in [1.82, 2.24) is 19.6 Å². The molecule has 1 aliphatic rings. The normalized spacial score (nSPS) is 16.3. The van der Waals surface area contributed by atoms with E-state index in [0.717, 1.165) is 75.4 Å². The molecule has 9 heteroatoms. The van der Waals surface area contributed by atoms with E-state index in [1.807, 2.05) is 0 Å². The molecule has 0 spiro atoms. The molecular weight excluding hydrogens is 487 g/mol. The third kappa shape index (κ3) is 7.98. The summed E-state index contributed by atoms with van der Waals surface area (Å²) in [7, 11) is 0. The SMILES string of the molecule is CCNC(=NCC(CCO)CC(C)C)N1CCN(c2nc(CC)ns2)CC1.I. The summed E-state index contributed by atoms with van der Waals surface area (Å²) >= 11 is 1.50. The molecule has 0 radical (unpaired) electrons. The van der Waals surface area contributed by atoms with Crippen LogP contribution in [0.4, 0.5) is 5.13 Å². The highest BCUT2D eigenvalue weighted by molar-refractivity contribution is 14.0. The fourth-order valence-electron chi connectivity index (χ4n) is 3.40. The van der Waals surface area contributed by atoms with Gasteiger partial charge < -0.3 is 20.2 Å². The van der Waals surface area contributed by atoms with Crippen LogP contribution in [-0.4, -0.2) is 71.2 Å². The van der Waals surface area contributed by atoms with Gasteiger partial charge in [-0.15, -0.1) is 24.0 Å². The molecule has 1 atom stereocenters. The van der Waals surface area contributed by atoms with Crippen LogP contribution >= 0.6 is 35.5 Å². The number of aliphatic hydroxyl groups excluding tert-OH is 1. The first-order valence-corrected chi connectivity index (χ1v) is 11.1. The van der Waals surface area contributed by atoms with Gasteiger partial charge in [0, 0.05) is 63.8 Å². The fourth-order valence-corrected chi connectivity index (χ4v) is 4.20. The average Bonchev–Trinajstić information content (AvgIpc) is 3.14. The minimum Gasteiger partial charge on any atom is -0.396 e. The van der Waals surface area contributed by atoms with Crippen molar-refractivity contribution in [3.05, 3.63) is 5.82 Å². The third-order valence-electron chi connectivity index (χ3n) is 4.80. The quantitative estimate of drug-likeness (QED) is 0.294. The summed E-state index contributed by atoms with van der Waals surface area (Å²) in [5.74, 6) is 3.00. The number of rotatable bonds is 9. The van der Waals surface area contributed by atoms with Gasteiger partial charge in [-0.2, -0.15) is 4.37 Å². The third-order valence-corrected chi connectivity index (χ3v) is 5.61. The van der Waals surface area contributed by atoms with E-state index < -0.39 is 0 Å². The maximum atomic E-state index is 9.33. The number of aliphatic hydroxyl groups is 1. The summed E-state index contributed by atoms with van der Waals surface area (Å²) in [6, 6.07) is 0. The molecule has 0 aromatic carbocycles. The molecule has 7 nitrogen and oxygen atoms in total. The van der Waals surface area contributed by atoms with Crippen molar-refractivity contribution in [2.45, 2.75) is 47.0 Å². The molecule has 1 fully saturated rings. The van der Waals surface area contributed by atoms with E-state index in [4.69, 9.17) is 4.99 Å². The Bertz CT molecular complexity index is 575. The molecule has 2 N–H and O–H groups in total. The molecule has 28 heavy (non-hydrogen) atoms. The molecule has 2 heterocycles. The Morgan fingerprint density at radius 2 is 1.96 bits per heavy atom. The molecule has 162 valence electrons. The minimum absolute atomic E-state index is 0. The number of aryl methyl sites for hydroxylation is 1. The monoisotopic (exact) mass is 524 g/mol. The maximum Gasteiger partial charge on any atom is 0.205 e. The molecule has 1 aromatic heterocycles. The maximum absolute atomic E-state index is 9.33. The van der Waals surface area contributed by atoms with Gasteiger partial charge in [0.05, 0.1) is 0 Å². The van der Waals surface area contributed by atoms with Crippen molar-refractivity contribution in [3.8, 4) is 0 Å². The number of nitrogens with one attached hydrogen (secondary N) is 1. The summed E-state index contributed by atoms with van der Waals surface area (Å²) in [5.41, 5.74) is 0. The van der Waals surface area contributed by atoms with Crippen molar-refractivity contribution >= 4 is 46.6 Å². The van der Waals surface area contributed by atoms with Crippen LogP contribution in [0.5, 0.6) is 0 Å². The van der Waals surface area contributed by atoms with Gasteiger partial charge in [-0.05, 0) is 31.6 Å². The molecule has 1 aromatic rings. The van der Waals surface area contributed by atoms with Gasteiger partial charge in [0.25, 0.3) is 0 Å². The van der Waals surface area contributed by atoms with Crippen LogP contribution in [0.2, 0.25) is 0 Å². The number of aromatic nitrogens is 2. The van der Waals surface area contributed by atoms with Crippen LogP contribution in [0.3, 0.4) is 0 Å². The topological polar surface area (TPSA) is 76.9 Å². The van der Waals surface area contributed by atoms with E-state index in [1.54, 1.807) is 0 Å². The van der Waals surface area contributed by atoms with Crippen molar-refractivity contribution < 1.29 is 5.11 Å². The summed E-state index contributed by atoms with van der Waals surface area (Å²) in [5, 5.41) is 13.8. The Balaban J connectivity index is 0.00000392. The second-order valence-corrected chi connectivity index (χ2v) is 8.25. The smallest absolute Gasteiger partial charge is 0.205 e. The van der Waals surface area contributed by atoms with Gasteiger partial charge in [0.15, 0.2) is 5.96 Å². The predicted molar refractivity (Wildman–Crippen MR) is 129 cm³/mol. The van der Waals surface area contributed by atoms with Gasteiger partial charge in [0.2, 0.25) is 5.13 Å². The van der Waals surface area contributed by atoms with Gasteiger partial charge >= 0.3 is 0 Å². The first-order chi connectivity index (χ1) is 13.1. The largest absolute Gasteiger partial charge is 0.396 e. The van der Waals surface area contributed by atoms with E-state index in [9.17, 15) is 5.11 Å². The number of anilines is 1. The second-order valence-electron chi connectivity index (χ2n) is 7.52. The first kappa shape index (κ1) is 25.4. The summed E-state index contributed by atoms with van der Waals surface area (Å²) in [6.07, 6.45) is 2.82. The number of halogens is 1. The molecule has 1 saturated heterocycles. The Labute approximate surface area is 191 Å². The summed E-state index contributed by atoms with van der Waals surface area (Å²) in [4.78, 5) is 14.2. The molecule has 0 amide bonds. The van der Waals surface area contributed by atoms with Crippen LogP contribution < -0.4 is 10.2 Å². The van der Waals surface area contributed by atoms with Crippen molar-refractivity contribution in [2.24, 2.45) is 16.8 Å². The van der Waals surface area contributed by atoms with Gasteiger partial charge in [0.1, 0.15) is 5.82 Å². The number of nitrogens with zero attached hydrogens (tertiary/aromatic N) is 5. The van der Waals surface area contributed by atoms with E-state index in [0.29, 0.717) is 11.8 Å². The molecule has 0 bridgehead atoms. The van der Waals surface area contributed by atoms with Gasteiger partial charge in [-0.1, -0.05) is 20.8 Å². The molecule has 1 aliphatic heterocycles. The Kier molecular flexibility index (Phi) is 12.2. The highest BCUT2D eigenvalue weighted by Crippen LogP contribution is 2.20. The Morgan fingerprint density at radius 1 is 1.25 bits per heavy atom. The zero-order valence-corrected chi connectivity index (χ0v) is 20.9. The lowest BCUT2D eigenvalue weighted by Gasteiger charge is -2.36. The fraction of sp³-hybridized carbons (Fsp3) is 0.842. The molecule has 0 saturated carbocycles. The minimum atomic E-state index is 0. The lowest BCUT2D eigenvalue weighted by atomic mass is 9.94. The summed E-state index contributed by atoms with van der Waals surface area (Å²) < 4.78 is 4.40. The number of aliphatic imine (C=N–C) groups is 1. The highest BCUT2D eigenvalue weighted by atomic mass is 127. The first-order valence-electron chi connectivity index (χ1n) is 10.3. The van der Waals surface area contributed by atoms with E-state index in [-0.39, 0.29) is 30.6 Å². The van der Waals surface area contributed by atoms with Crippen molar-refractivity contribution in [2.75, 3.05) is 50.8 Å². The van der Waals surface area contributed by atoms with E-state index >= 15 is 0 Å². The number of hydrogen-bond acceptors (Lipinski definition) is 6. The van der Waals surface area contributed by atoms with Crippen LogP contribution in [0.15, 0.2) is 4.99 Å². The molecule has 1 unspecified atom stereocenters. The van der Waals surface area contributed by atoms with Crippen LogP contribution in [-0.2, 0) is 6.42 Å². The molecule has 2 rings (SSSR count). The summed E-state index contributed by atoms with van der Waals surface area (Å²) in [6.45, 7) is 14.3. The number of guanidine groups is 1. The molecular formula is C19H37IN6OS. The second kappa shape index (κ2) is 13.5. The lowest BCUT2D eigenvalue weighted by Crippen LogP contribution is -2.52. The highest BCUT2D eigenvalue weighted by Gasteiger charge is 2.22. The van der Waals surface area contributed by atoms with Gasteiger partial charge in [-0.3, -0.25) is 4.99 Å². The van der Waals surface area contributed by atoms with Crippen LogP contribution in [0, 0.1) is 11.8 Å². The average molecular weight is 525 g/mol. The lowest BCUT2D eigenvalue weighted by molar-refractivity contribution is 0.245. The number of hydrogen-bond donors (Lipinski definition) is 2. The predicted octanol–water partition coefficient (Wildman–Crippen LogP) is 2.85. The molecule has 0 aliphatic carbocycles. The van der Waals surface area contributed by atoms with Crippen LogP contribution in [0.1, 0.15) is 46.4 Å².